The predicted molar refractivity (Wildman–Crippen MR) is 73.5 cm³/mol. The molecule has 1 aromatic carbocycles. The van der Waals surface area contributed by atoms with Crippen molar-refractivity contribution in [3.8, 4) is 11.8 Å². The maximum atomic E-state index is 10.8. The van der Waals surface area contributed by atoms with Gasteiger partial charge in [0, 0.05) is 12.7 Å². The Morgan fingerprint density at radius 1 is 1.25 bits per heavy atom. The number of aliphatic hydroxyl groups is 1. The fourth-order valence-electron chi connectivity index (χ4n) is 1.83. The zero-order valence-corrected chi connectivity index (χ0v) is 11.2. The Morgan fingerprint density at radius 2 is 1.95 bits per heavy atom. The molecule has 0 saturated heterocycles. The summed E-state index contributed by atoms with van der Waals surface area (Å²) in [6.07, 6.45) is 4.60. The summed E-state index contributed by atoms with van der Waals surface area (Å²) in [5.41, 5.74) is -0.259. The first-order valence-corrected chi connectivity index (χ1v) is 6.62. The van der Waals surface area contributed by atoms with Crippen molar-refractivity contribution in [3.63, 3.8) is 0 Å². The van der Waals surface area contributed by atoms with E-state index >= 15 is 0 Å². The molecule has 6 nitrogen and oxygen atoms in total. The van der Waals surface area contributed by atoms with E-state index < -0.39 is 4.92 Å². The van der Waals surface area contributed by atoms with E-state index in [4.69, 9.17) is 15.1 Å². The van der Waals surface area contributed by atoms with Crippen LogP contribution in [0.25, 0.3) is 0 Å². The average molecular weight is 278 g/mol. The molecule has 108 valence electrons. The van der Waals surface area contributed by atoms with Gasteiger partial charge in [0.1, 0.15) is 11.8 Å². The Bertz CT molecular complexity index is 483. The van der Waals surface area contributed by atoms with Gasteiger partial charge in [-0.2, -0.15) is 5.26 Å². The van der Waals surface area contributed by atoms with Crippen LogP contribution >= 0.6 is 0 Å². The molecule has 20 heavy (non-hydrogen) atoms. The number of nitrogens with zero attached hydrogens (tertiary/aromatic N) is 2. The van der Waals surface area contributed by atoms with Crippen molar-refractivity contribution in [2.45, 2.75) is 32.1 Å². The summed E-state index contributed by atoms with van der Waals surface area (Å²) in [5, 5.41) is 28.4. The maximum Gasteiger partial charge on any atom is 0.290 e. The van der Waals surface area contributed by atoms with Crippen LogP contribution in [0.15, 0.2) is 18.2 Å². The standard InChI is InChI=1S/C14H18N2O4/c15-11-12-13(16(18)19)7-6-8-14(12)20-10-5-3-1-2-4-9-17/h6-8,17H,1-5,9-10H2. The van der Waals surface area contributed by atoms with Crippen molar-refractivity contribution in [2.75, 3.05) is 13.2 Å². The second-order valence-electron chi connectivity index (χ2n) is 4.36. The van der Waals surface area contributed by atoms with Gasteiger partial charge in [0.2, 0.25) is 0 Å². The third-order valence-electron chi connectivity index (χ3n) is 2.87. The number of benzene rings is 1. The third-order valence-corrected chi connectivity index (χ3v) is 2.87. The van der Waals surface area contributed by atoms with E-state index in [1.54, 1.807) is 6.07 Å². The van der Waals surface area contributed by atoms with E-state index in [9.17, 15) is 10.1 Å². The highest BCUT2D eigenvalue weighted by Gasteiger charge is 2.17. The number of nitro benzene ring substituents is 1. The molecule has 1 rings (SSSR count). The van der Waals surface area contributed by atoms with Gasteiger partial charge >= 0.3 is 0 Å². The van der Waals surface area contributed by atoms with Crippen LogP contribution in [-0.2, 0) is 0 Å². The number of nitriles is 1. The summed E-state index contributed by atoms with van der Waals surface area (Å²) in [6, 6.07) is 6.19. The van der Waals surface area contributed by atoms with Crippen molar-refractivity contribution < 1.29 is 14.8 Å². The first-order valence-electron chi connectivity index (χ1n) is 6.62. The molecule has 0 aliphatic heterocycles. The average Bonchev–Trinajstić information content (AvgIpc) is 2.45. The third kappa shape index (κ3) is 4.86. The Morgan fingerprint density at radius 3 is 2.60 bits per heavy atom. The van der Waals surface area contributed by atoms with Gasteiger partial charge in [0.05, 0.1) is 11.5 Å². The van der Waals surface area contributed by atoms with Gasteiger partial charge in [0.25, 0.3) is 5.69 Å². The summed E-state index contributed by atoms with van der Waals surface area (Å²) in [5.74, 6) is 0.261. The Balaban J connectivity index is 2.46. The Hall–Kier alpha value is -2.13. The van der Waals surface area contributed by atoms with E-state index in [-0.39, 0.29) is 23.6 Å². The number of unbranched alkanes of at least 4 members (excludes halogenated alkanes) is 4. The smallest absolute Gasteiger partial charge is 0.290 e. The van der Waals surface area contributed by atoms with E-state index in [1.165, 1.54) is 12.1 Å². The normalized spacial score (nSPS) is 10.0. The van der Waals surface area contributed by atoms with Crippen molar-refractivity contribution in [1.82, 2.24) is 0 Å². The predicted octanol–water partition coefficient (Wildman–Crippen LogP) is 2.79. The summed E-state index contributed by atoms with van der Waals surface area (Å²) in [7, 11) is 0. The molecule has 1 N–H and O–H groups in total. The number of rotatable bonds is 9. The van der Waals surface area contributed by atoms with Crippen LogP contribution in [0, 0.1) is 21.4 Å². The lowest BCUT2D eigenvalue weighted by molar-refractivity contribution is -0.385. The molecule has 0 spiro atoms. The molecular formula is C14H18N2O4. The summed E-state index contributed by atoms with van der Waals surface area (Å²) >= 11 is 0. The molecule has 0 fully saturated rings. The number of nitro groups is 1. The van der Waals surface area contributed by atoms with Gasteiger partial charge in [-0.25, -0.2) is 0 Å². The zero-order chi connectivity index (χ0) is 14.8. The van der Waals surface area contributed by atoms with Gasteiger partial charge in [-0.3, -0.25) is 10.1 Å². The molecule has 0 heterocycles. The molecule has 0 saturated carbocycles. The molecular weight excluding hydrogens is 260 g/mol. The minimum atomic E-state index is -0.583. The minimum Gasteiger partial charge on any atom is -0.492 e. The largest absolute Gasteiger partial charge is 0.492 e. The lowest BCUT2D eigenvalue weighted by Gasteiger charge is -2.07. The van der Waals surface area contributed by atoms with Crippen LogP contribution in [0.5, 0.6) is 5.75 Å². The number of ether oxygens (including phenoxy) is 1. The van der Waals surface area contributed by atoms with Crippen molar-refractivity contribution in [3.05, 3.63) is 33.9 Å². The van der Waals surface area contributed by atoms with E-state index in [1.807, 2.05) is 6.07 Å². The fourth-order valence-corrected chi connectivity index (χ4v) is 1.83. The first kappa shape index (κ1) is 15.9. The van der Waals surface area contributed by atoms with Gasteiger partial charge < -0.3 is 9.84 Å². The quantitative estimate of drug-likeness (QED) is 0.425. The highest BCUT2D eigenvalue weighted by molar-refractivity contribution is 5.56. The van der Waals surface area contributed by atoms with Crippen LogP contribution in [0.4, 0.5) is 5.69 Å². The molecule has 6 heteroatoms. The maximum absolute atomic E-state index is 10.8. The second kappa shape index (κ2) is 8.88. The molecule has 0 unspecified atom stereocenters. The number of hydrogen-bond acceptors (Lipinski definition) is 5. The van der Waals surface area contributed by atoms with Crippen molar-refractivity contribution in [2.24, 2.45) is 0 Å². The zero-order valence-electron chi connectivity index (χ0n) is 11.2. The Labute approximate surface area is 117 Å². The monoisotopic (exact) mass is 278 g/mol. The lowest BCUT2D eigenvalue weighted by atomic mass is 10.1. The molecule has 0 aromatic heterocycles. The van der Waals surface area contributed by atoms with Crippen LogP contribution in [0.1, 0.15) is 37.7 Å². The highest BCUT2D eigenvalue weighted by Crippen LogP contribution is 2.27. The second-order valence-corrected chi connectivity index (χ2v) is 4.36. The molecule has 0 amide bonds. The molecule has 0 atom stereocenters. The summed E-state index contributed by atoms with van der Waals surface area (Å²) < 4.78 is 5.45. The van der Waals surface area contributed by atoms with Crippen LogP contribution in [0.3, 0.4) is 0 Å². The Kier molecular flexibility index (Phi) is 7.07. The van der Waals surface area contributed by atoms with Crippen molar-refractivity contribution in [1.29, 1.82) is 5.26 Å². The van der Waals surface area contributed by atoms with Crippen LogP contribution in [-0.4, -0.2) is 23.2 Å². The topological polar surface area (TPSA) is 96.4 Å². The first-order chi connectivity index (χ1) is 9.70. The van der Waals surface area contributed by atoms with E-state index in [2.05, 4.69) is 0 Å². The van der Waals surface area contributed by atoms with Crippen LogP contribution in [0.2, 0.25) is 0 Å². The molecule has 0 bridgehead atoms. The van der Waals surface area contributed by atoms with E-state index in [0.29, 0.717) is 6.61 Å². The highest BCUT2D eigenvalue weighted by atomic mass is 16.6. The van der Waals surface area contributed by atoms with Crippen molar-refractivity contribution >= 4 is 5.69 Å². The molecule has 1 aromatic rings. The minimum absolute atomic E-state index is 0.0298. The molecule has 0 aliphatic carbocycles. The van der Waals surface area contributed by atoms with Gasteiger partial charge in [0.15, 0.2) is 5.56 Å². The van der Waals surface area contributed by atoms with Gasteiger partial charge in [-0.05, 0) is 18.9 Å². The molecule has 0 aliphatic rings. The van der Waals surface area contributed by atoms with Crippen LogP contribution < -0.4 is 4.74 Å². The fraction of sp³-hybridized carbons (Fsp3) is 0.500. The van der Waals surface area contributed by atoms with Gasteiger partial charge in [-0.1, -0.05) is 25.3 Å². The van der Waals surface area contributed by atoms with E-state index in [0.717, 1.165) is 32.1 Å². The number of hydrogen-bond donors (Lipinski definition) is 1. The molecule has 0 radical (unpaired) electrons. The van der Waals surface area contributed by atoms with Gasteiger partial charge in [-0.15, -0.1) is 0 Å². The lowest BCUT2D eigenvalue weighted by Crippen LogP contribution is -2.01. The summed E-state index contributed by atoms with van der Waals surface area (Å²) in [4.78, 5) is 10.2. The summed E-state index contributed by atoms with van der Waals surface area (Å²) in [6.45, 7) is 0.644. The number of aliphatic hydroxyl groups excluding tert-OH is 1. The SMILES string of the molecule is N#Cc1c(OCCCCCCCO)cccc1[N+](=O)[O-].